The van der Waals surface area contributed by atoms with Gasteiger partial charge in [-0.25, -0.2) is 4.39 Å². The van der Waals surface area contributed by atoms with Crippen molar-refractivity contribution < 1.29 is 4.39 Å². The number of aryl methyl sites for hydroxylation is 2. The fraction of sp³-hybridized carbons (Fsp3) is 0.0625. The molecular weight excluding hydrogens is 467 g/mol. The van der Waals surface area contributed by atoms with E-state index in [1.54, 1.807) is 11.3 Å². The largest absolute Gasteiger partial charge is 0.207 e. The summed E-state index contributed by atoms with van der Waals surface area (Å²) in [6.07, 6.45) is 2.14. The molecule has 0 saturated carbocycles. The monoisotopic (exact) mass is 488 g/mol. The minimum atomic E-state index is -0.199. The highest BCUT2D eigenvalue weighted by Crippen LogP contribution is 2.41. The molecule has 0 aliphatic rings. The van der Waals surface area contributed by atoms with Crippen molar-refractivity contribution in [3.8, 4) is 10.4 Å². The van der Waals surface area contributed by atoms with E-state index >= 15 is 0 Å². The van der Waals surface area contributed by atoms with Crippen LogP contribution in [0.5, 0.6) is 0 Å². The second-order valence-electron chi connectivity index (χ2n) is 9.08. The summed E-state index contributed by atoms with van der Waals surface area (Å²) >= 11 is 3.72. The second kappa shape index (κ2) is 8.30. The van der Waals surface area contributed by atoms with Gasteiger partial charge in [-0.3, -0.25) is 0 Å². The van der Waals surface area contributed by atoms with Crippen molar-refractivity contribution >= 4 is 64.4 Å². The zero-order valence-electron chi connectivity index (χ0n) is 18.9. The van der Waals surface area contributed by atoms with E-state index in [-0.39, 0.29) is 5.82 Å². The molecule has 3 heteroatoms. The van der Waals surface area contributed by atoms with Gasteiger partial charge in [-0.2, -0.15) is 0 Å². The fourth-order valence-electron chi connectivity index (χ4n) is 4.99. The first kappa shape index (κ1) is 20.8. The summed E-state index contributed by atoms with van der Waals surface area (Å²) in [4.78, 5) is 2.61. The van der Waals surface area contributed by atoms with Crippen molar-refractivity contribution in [3.05, 3.63) is 119 Å². The summed E-state index contributed by atoms with van der Waals surface area (Å²) in [5, 5.41) is 7.74. The predicted octanol–water partition coefficient (Wildman–Crippen LogP) is 10.0. The lowest BCUT2D eigenvalue weighted by Gasteiger charge is -2.05. The van der Waals surface area contributed by atoms with E-state index in [2.05, 4.69) is 78.9 Å². The molecule has 0 bridgehead atoms. The van der Waals surface area contributed by atoms with Gasteiger partial charge in [0.05, 0.1) is 0 Å². The Bertz CT molecular complexity index is 1840. The normalized spacial score (nSPS) is 11.8. The molecule has 2 heterocycles. The van der Waals surface area contributed by atoms with Crippen LogP contribution in [0.4, 0.5) is 4.39 Å². The van der Waals surface area contributed by atoms with Crippen LogP contribution >= 0.6 is 22.7 Å². The lowest BCUT2D eigenvalue weighted by atomic mass is 10.0. The number of fused-ring (bicyclic) bond motifs is 6. The van der Waals surface area contributed by atoms with E-state index in [1.807, 2.05) is 23.5 Å². The Morgan fingerprint density at radius 1 is 0.543 bits per heavy atom. The van der Waals surface area contributed by atoms with Gasteiger partial charge in [0.15, 0.2) is 0 Å². The molecule has 0 fully saturated rings. The maximum absolute atomic E-state index is 13.4. The smallest absolute Gasteiger partial charge is 0.123 e. The lowest BCUT2D eigenvalue weighted by molar-refractivity contribution is 0.628. The minimum Gasteiger partial charge on any atom is -0.207 e. The van der Waals surface area contributed by atoms with Gasteiger partial charge in [0.1, 0.15) is 5.82 Å². The zero-order valence-corrected chi connectivity index (χ0v) is 20.6. The van der Waals surface area contributed by atoms with Crippen molar-refractivity contribution in [1.82, 2.24) is 0 Å². The van der Waals surface area contributed by atoms with Crippen LogP contribution in [0.15, 0.2) is 103 Å². The Balaban J connectivity index is 1.32. The molecule has 7 rings (SSSR count). The Hall–Kier alpha value is -3.53. The van der Waals surface area contributed by atoms with Gasteiger partial charge in [-0.15, -0.1) is 22.7 Å². The first-order valence-corrected chi connectivity index (χ1v) is 13.5. The average Bonchev–Trinajstić information content (AvgIpc) is 3.52. The van der Waals surface area contributed by atoms with Gasteiger partial charge in [0.25, 0.3) is 0 Å². The molecule has 0 spiro atoms. The highest BCUT2D eigenvalue weighted by Gasteiger charge is 2.12. The van der Waals surface area contributed by atoms with Gasteiger partial charge >= 0.3 is 0 Å². The van der Waals surface area contributed by atoms with E-state index in [0.29, 0.717) is 0 Å². The SMILES string of the molecule is Fc1ccc(-c2cc3ccc4cc5c(ccc6cc(CCc7ccccc7)sc65)cc4c3s2)cc1. The summed E-state index contributed by atoms with van der Waals surface area (Å²) in [5.74, 6) is -0.199. The van der Waals surface area contributed by atoms with Crippen LogP contribution in [0.25, 0.3) is 52.2 Å². The molecule has 0 atom stereocenters. The molecule has 168 valence electrons. The minimum absolute atomic E-state index is 0.199. The summed E-state index contributed by atoms with van der Waals surface area (Å²) in [5.41, 5.74) is 2.45. The number of rotatable bonds is 4. The molecule has 0 amide bonds. The molecule has 7 aromatic rings. The molecule has 0 aliphatic carbocycles. The van der Waals surface area contributed by atoms with Crippen molar-refractivity contribution in [3.63, 3.8) is 0 Å². The third kappa shape index (κ3) is 3.72. The fourth-order valence-corrected chi connectivity index (χ4v) is 7.36. The first-order chi connectivity index (χ1) is 17.2. The van der Waals surface area contributed by atoms with Gasteiger partial charge < -0.3 is 0 Å². The standard InChI is InChI=1S/C32H21FS2/c33-26-13-11-21(12-14-26)30-19-25-10-8-23-17-28-22(18-29(23)32(25)35-30)7-9-24-16-27(34-31(24)28)15-6-20-4-2-1-3-5-20/h1-5,7-14,16-19H,6,15H2. The predicted molar refractivity (Wildman–Crippen MR) is 151 cm³/mol. The Kier molecular flexibility index (Phi) is 4.93. The Labute approximate surface area is 210 Å². The van der Waals surface area contributed by atoms with E-state index < -0.39 is 0 Å². The number of halogens is 1. The van der Waals surface area contributed by atoms with Crippen molar-refractivity contribution in [2.24, 2.45) is 0 Å². The Morgan fingerprint density at radius 3 is 1.89 bits per heavy atom. The van der Waals surface area contributed by atoms with Crippen molar-refractivity contribution in [2.75, 3.05) is 0 Å². The van der Waals surface area contributed by atoms with E-state index in [0.717, 1.165) is 18.4 Å². The number of hydrogen-bond donors (Lipinski definition) is 0. The molecule has 0 unspecified atom stereocenters. The molecular formula is C32H21FS2. The highest BCUT2D eigenvalue weighted by molar-refractivity contribution is 7.23. The summed E-state index contributed by atoms with van der Waals surface area (Å²) in [7, 11) is 0. The molecule has 0 aliphatic heterocycles. The van der Waals surface area contributed by atoms with Gasteiger partial charge in [-0.1, -0.05) is 66.7 Å². The van der Waals surface area contributed by atoms with E-state index in [1.165, 1.54) is 69.2 Å². The van der Waals surface area contributed by atoms with Gasteiger partial charge in [0.2, 0.25) is 0 Å². The highest BCUT2D eigenvalue weighted by atomic mass is 32.1. The molecule has 35 heavy (non-hydrogen) atoms. The molecule has 0 nitrogen and oxygen atoms in total. The summed E-state index contributed by atoms with van der Waals surface area (Å²) < 4.78 is 16.1. The number of hydrogen-bond acceptors (Lipinski definition) is 2. The van der Waals surface area contributed by atoms with Gasteiger partial charge in [-0.05, 0) is 81.9 Å². The molecule has 0 N–H and O–H groups in total. The third-order valence-corrected chi connectivity index (χ3v) is 9.28. The van der Waals surface area contributed by atoms with Crippen molar-refractivity contribution in [1.29, 1.82) is 0 Å². The maximum atomic E-state index is 13.4. The molecule has 0 radical (unpaired) electrons. The average molecular weight is 489 g/mol. The first-order valence-electron chi connectivity index (χ1n) is 11.8. The van der Waals surface area contributed by atoms with Crippen LogP contribution < -0.4 is 0 Å². The summed E-state index contributed by atoms with van der Waals surface area (Å²) in [6, 6.07) is 35.8. The second-order valence-corrected chi connectivity index (χ2v) is 11.3. The van der Waals surface area contributed by atoms with Crippen LogP contribution in [0.3, 0.4) is 0 Å². The van der Waals surface area contributed by atoms with Crippen LogP contribution in [0, 0.1) is 5.82 Å². The number of benzene rings is 5. The summed E-state index contributed by atoms with van der Waals surface area (Å²) in [6.45, 7) is 0. The van der Waals surface area contributed by atoms with Crippen LogP contribution in [0.1, 0.15) is 10.4 Å². The third-order valence-electron chi connectivity index (χ3n) is 6.80. The topological polar surface area (TPSA) is 0 Å². The van der Waals surface area contributed by atoms with E-state index in [4.69, 9.17) is 0 Å². The Morgan fingerprint density at radius 2 is 1.17 bits per heavy atom. The molecule has 2 aromatic heterocycles. The van der Waals surface area contributed by atoms with Crippen LogP contribution in [-0.4, -0.2) is 0 Å². The lowest BCUT2D eigenvalue weighted by Crippen LogP contribution is -1.87. The quantitative estimate of drug-likeness (QED) is 0.216. The maximum Gasteiger partial charge on any atom is 0.123 e. The van der Waals surface area contributed by atoms with Crippen molar-refractivity contribution in [2.45, 2.75) is 12.8 Å². The van der Waals surface area contributed by atoms with Crippen LogP contribution in [-0.2, 0) is 12.8 Å². The van der Waals surface area contributed by atoms with Crippen LogP contribution in [0.2, 0.25) is 0 Å². The van der Waals surface area contributed by atoms with E-state index in [9.17, 15) is 4.39 Å². The van der Waals surface area contributed by atoms with Gasteiger partial charge in [0, 0.05) is 29.9 Å². The molecule has 5 aromatic carbocycles. The molecule has 0 saturated heterocycles. The number of thiophene rings is 2. The zero-order chi connectivity index (χ0) is 23.4.